The Bertz CT molecular complexity index is 2600. The van der Waals surface area contributed by atoms with Crippen LogP contribution in [-0.2, 0) is 5.41 Å². The van der Waals surface area contributed by atoms with E-state index in [4.69, 9.17) is 4.74 Å². The molecule has 8 aromatic carbocycles. The van der Waals surface area contributed by atoms with Gasteiger partial charge in [-0.15, -0.1) is 0 Å². The van der Waals surface area contributed by atoms with Crippen molar-refractivity contribution in [2.45, 2.75) is 26.2 Å². The summed E-state index contributed by atoms with van der Waals surface area (Å²) >= 11 is 0. The highest BCUT2D eigenvalue weighted by molar-refractivity contribution is 5.97. The van der Waals surface area contributed by atoms with E-state index in [-0.39, 0.29) is 5.41 Å². The first kappa shape index (κ1) is 32.8. The molecule has 2 heterocycles. The number of nitrogens with zero attached hydrogens (tertiary/aromatic N) is 2. The SMILES string of the molecule is Cc1cccc2c1N1c3ccccc3C(C)(C)c3c(-c4ccc(N(c5ccc(-c6ccccc6)cc5)c5ccc(-c6ccccc6)cc5)cc4)ccc(c31)O2. The Balaban J connectivity index is 1.08. The predicted molar refractivity (Wildman–Crippen MR) is 229 cm³/mol. The summed E-state index contributed by atoms with van der Waals surface area (Å²) in [7, 11) is 0. The normalized spacial score (nSPS) is 13.3. The molecule has 10 rings (SSSR count). The van der Waals surface area contributed by atoms with Gasteiger partial charge >= 0.3 is 0 Å². The van der Waals surface area contributed by atoms with Crippen molar-refractivity contribution >= 4 is 34.1 Å². The van der Waals surface area contributed by atoms with Crippen LogP contribution in [0.1, 0.15) is 30.5 Å². The van der Waals surface area contributed by atoms with Crippen LogP contribution in [0.5, 0.6) is 11.5 Å². The van der Waals surface area contributed by atoms with E-state index in [0.717, 1.165) is 39.9 Å². The molecule has 0 saturated carbocycles. The number of para-hydroxylation sites is 2. The molecular weight excluding hydrogens is 669 g/mol. The molecule has 264 valence electrons. The number of fused-ring (bicyclic) bond motifs is 4. The molecular formula is C52H40N2O. The third-order valence-corrected chi connectivity index (χ3v) is 11.4. The molecule has 2 aliphatic rings. The third-order valence-electron chi connectivity index (χ3n) is 11.4. The Morgan fingerprint density at radius 3 is 1.51 bits per heavy atom. The topological polar surface area (TPSA) is 15.7 Å². The maximum absolute atomic E-state index is 6.68. The summed E-state index contributed by atoms with van der Waals surface area (Å²) < 4.78 is 6.68. The van der Waals surface area contributed by atoms with E-state index in [1.165, 1.54) is 55.8 Å². The first-order valence-corrected chi connectivity index (χ1v) is 19.0. The van der Waals surface area contributed by atoms with Gasteiger partial charge in [0.05, 0.1) is 17.1 Å². The van der Waals surface area contributed by atoms with E-state index in [2.05, 4.69) is 219 Å². The first-order chi connectivity index (χ1) is 27.0. The van der Waals surface area contributed by atoms with Gasteiger partial charge in [-0.25, -0.2) is 0 Å². The quantitative estimate of drug-likeness (QED) is 0.171. The highest BCUT2D eigenvalue weighted by Gasteiger charge is 2.43. The van der Waals surface area contributed by atoms with Gasteiger partial charge in [0.2, 0.25) is 0 Å². The van der Waals surface area contributed by atoms with Gasteiger partial charge in [0, 0.05) is 22.5 Å². The Morgan fingerprint density at radius 2 is 0.927 bits per heavy atom. The Morgan fingerprint density at radius 1 is 0.436 bits per heavy atom. The number of rotatable bonds is 6. The van der Waals surface area contributed by atoms with E-state index in [9.17, 15) is 0 Å². The van der Waals surface area contributed by atoms with Crippen molar-refractivity contribution in [1.82, 2.24) is 0 Å². The second kappa shape index (κ2) is 12.9. The van der Waals surface area contributed by atoms with Crippen molar-refractivity contribution in [3.63, 3.8) is 0 Å². The molecule has 0 fully saturated rings. The van der Waals surface area contributed by atoms with Crippen LogP contribution in [0.15, 0.2) is 188 Å². The van der Waals surface area contributed by atoms with Gasteiger partial charge in [-0.05, 0) is 112 Å². The van der Waals surface area contributed by atoms with Crippen LogP contribution in [0.2, 0.25) is 0 Å². The van der Waals surface area contributed by atoms with Crippen molar-refractivity contribution in [2.75, 3.05) is 9.80 Å². The molecule has 2 aliphatic heterocycles. The number of hydrogen-bond acceptors (Lipinski definition) is 3. The van der Waals surface area contributed by atoms with Gasteiger partial charge in [-0.2, -0.15) is 0 Å². The Labute approximate surface area is 323 Å². The maximum atomic E-state index is 6.68. The van der Waals surface area contributed by atoms with Crippen molar-refractivity contribution in [1.29, 1.82) is 0 Å². The van der Waals surface area contributed by atoms with Gasteiger partial charge < -0.3 is 14.5 Å². The summed E-state index contributed by atoms with van der Waals surface area (Å²) in [4.78, 5) is 4.79. The number of benzene rings is 8. The number of aryl methyl sites for hydroxylation is 1. The van der Waals surface area contributed by atoms with Crippen LogP contribution >= 0.6 is 0 Å². The second-order valence-corrected chi connectivity index (χ2v) is 15.0. The fraction of sp³-hybridized carbons (Fsp3) is 0.0769. The molecule has 0 unspecified atom stereocenters. The lowest BCUT2D eigenvalue weighted by Gasteiger charge is -2.46. The van der Waals surface area contributed by atoms with Gasteiger partial charge in [0.1, 0.15) is 0 Å². The molecule has 0 radical (unpaired) electrons. The summed E-state index contributed by atoms with van der Waals surface area (Å²) in [5, 5.41) is 0. The highest BCUT2D eigenvalue weighted by atomic mass is 16.5. The number of ether oxygens (including phenoxy) is 1. The molecule has 0 amide bonds. The summed E-state index contributed by atoms with van der Waals surface area (Å²) in [6, 6.07) is 67.5. The van der Waals surface area contributed by atoms with Crippen molar-refractivity contribution in [3.05, 3.63) is 205 Å². The minimum atomic E-state index is -0.275. The zero-order chi connectivity index (χ0) is 37.1. The summed E-state index contributed by atoms with van der Waals surface area (Å²) in [5.41, 5.74) is 17.4. The zero-order valence-electron chi connectivity index (χ0n) is 31.2. The molecule has 0 aromatic heterocycles. The number of hydrogen-bond donors (Lipinski definition) is 0. The average molecular weight is 709 g/mol. The minimum Gasteiger partial charge on any atom is -0.453 e. The molecule has 0 saturated heterocycles. The molecule has 3 nitrogen and oxygen atoms in total. The standard InChI is InChI=1S/C52H40N2O/c1-35-13-12-20-47-50(35)54-46-19-11-10-18-45(46)52(2,3)49-44(33-34-48(55-47)51(49)54)40-25-31-43(32-26-40)53(41-27-21-38(22-28-41)36-14-6-4-7-15-36)42-29-23-39(24-30-42)37-16-8-5-9-17-37/h4-34H,1-3H3. The molecule has 0 aliphatic carbocycles. The van der Waals surface area contributed by atoms with E-state index in [0.29, 0.717) is 0 Å². The van der Waals surface area contributed by atoms with Gasteiger partial charge in [0.15, 0.2) is 11.5 Å². The molecule has 0 atom stereocenters. The number of anilines is 6. The zero-order valence-corrected chi connectivity index (χ0v) is 31.2. The van der Waals surface area contributed by atoms with Crippen molar-refractivity contribution in [3.8, 4) is 44.9 Å². The van der Waals surface area contributed by atoms with Crippen molar-refractivity contribution < 1.29 is 4.74 Å². The molecule has 0 bridgehead atoms. The summed E-state index contributed by atoms with van der Waals surface area (Å²) in [5.74, 6) is 1.78. The molecule has 0 spiro atoms. The van der Waals surface area contributed by atoms with Gasteiger partial charge in [0.25, 0.3) is 0 Å². The van der Waals surface area contributed by atoms with E-state index < -0.39 is 0 Å². The lowest BCUT2D eigenvalue weighted by atomic mass is 9.70. The fourth-order valence-electron chi connectivity index (χ4n) is 8.66. The average Bonchev–Trinajstić information content (AvgIpc) is 3.24. The van der Waals surface area contributed by atoms with Crippen LogP contribution < -0.4 is 14.5 Å². The van der Waals surface area contributed by atoms with E-state index in [1.807, 2.05) is 0 Å². The lowest BCUT2D eigenvalue weighted by molar-refractivity contribution is 0.471. The summed E-state index contributed by atoms with van der Waals surface area (Å²) in [6.45, 7) is 6.88. The Kier molecular flexibility index (Phi) is 7.71. The van der Waals surface area contributed by atoms with Crippen molar-refractivity contribution in [2.24, 2.45) is 0 Å². The minimum absolute atomic E-state index is 0.275. The van der Waals surface area contributed by atoms with Crippen LogP contribution in [0.25, 0.3) is 33.4 Å². The molecule has 0 N–H and O–H groups in total. The smallest absolute Gasteiger partial charge is 0.151 e. The summed E-state index contributed by atoms with van der Waals surface area (Å²) in [6.07, 6.45) is 0. The second-order valence-electron chi connectivity index (χ2n) is 15.0. The predicted octanol–water partition coefficient (Wildman–Crippen LogP) is 14.7. The largest absolute Gasteiger partial charge is 0.453 e. The Hall–Kier alpha value is -6.84. The van der Waals surface area contributed by atoms with Crippen LogP contribution in [0.3, 0.4) is 0 Å². The van der Waals surface area contributed by atoms with Crippen LogP contribution in [0.4, 0.5) is 34.1 Å². The molecule has 3 heteroatoms. The maximum Gasteiger partial charge on any atom is 0.151 e. The van der Waals surface area contributed by atoms with Crippen LogP contribution in [-0.4, -0.2) is 0 Å². The first-order valence-electron chi connectivity index (χ1n) is 19.0. The van der Waals surface area contributed by atoms with E-state index >= 15 is 0 Å². The van der Waals surface area contributed by atoms with Gasteiger partial charge in [-0.1, -0.05) is 147 Å². The third kappa shape index (κ3) is 5.42. The van der Waals surface area contributed by atoms with Gasteiger partial charge in [-0.3, -0.25) is 0 Å². The van der Waals surface area contributed by atoms with Crippen LogP contribution in [0, 0.1) is 6.92 Å². The fourth-order valence-corrected chi connectivity index (χ4v) is 8.66. The van der Waals surface area contributed by atoms with E-state index in [1.54, 1.807) is 0 Å². The molecule has 55 heavy (non-hydrogen) atoms. The lowest BCUT2D eigenvalue weighted by Crippen LogP contribution is -2.33. The highest BCUT2D eigenvalue weighted by Crippen LogP contribution is 2.62. The monoisotopic (exact) mass is 708 g/mol. The molecule has 8 aromatic rings.